The monoisotopic (exact) mass is 321 g/mol. The lowest BCUT2D eigenvalue weighted by atomic mass is 10.1. The Morgan fingerprint density at radius 1 is 1.41 bits per heavy atom. The van der Waals surface area contributed by atoms with Crippen molar-refractivity contribution in [2.75, 3.05) is 6.54 Å². The molecule has 2 rings (SSSR count). The summed E-state index contributed by atoms with van der Waals surface area (Å²) in [5.41, 5.74) is 2.94. The molecule has 0 fully saturated rings. The average molecular weight is 322 g/mol. The summed E-state index contributed by atoms with van der Waals surface area (Å²) in [6.07, 6.45) is -0.581. The van der Waals surface area contributed by atoms with E-state index in [0.717, 1.165) is 11.3 Å². The number of aliphatic hydroxyl groups excluding tert-OH is 1. The van der Waals surface area contributed by atoms with E-state index in [4.69, 9.17) is 11.6 Å². The Bertz CT molecular complexity index is 680. The van der Waals surface area contributed by atoms with Crippen molar-refractivity contribution < 1.29 is 9.90 Å². The third-order valence-corrected chi connectivity index (χ3v) is 3.81. The highest BCUT2D eigenvalue weighted by Crippen LogP contribution is 2.19. The van der Waals surface area contributed by atoms with Crippen molar-refractivity contribution in [3.05, 3.63) is 51.8 Å². The molecule has 1 heterocycles. The van der Waals surface area contributed by atoms with E-state index in [2.05, 4.69) is 10.4 Å². The molecule has 2 N–H and O–H groups in total. The Morgan fingerprint density at radius 2 is 2.09 bits per heavy atom. The Hall–Kier alpha value is -1.85. The summed E-state index contributed by atoms with van der Waals surface area (Å²) in [5.74, 6) is -0.221. The van der Waals surface area contributed by atoms with Gasteiger partial charge in [-0.15, -0.1) is 0 Å². The molecule has 0 spiro atoms. The number of carbonyl (C=O) groups is 1. The Morgan fingerprint density at radius 3 is 2.73 bits per heavy atom. The first-order valence-electron chi connectivity index (χ1n) is 7.13. The quantitative estimate of drug-likeness (QED) is 0.888. The molecule has 1 aromatic carbocycles. The van der Waals surface area contributed by atoms with Gasteiger partial charge in [0.25, 0.3) is 5.91 Å². The normalized spacial score (nSPS) is 12.2. The standard InChI is InChI=1S/C16H20ClN3O2/c1-10(21)8-18-16(22)15-11(2)19-20(12(15)3)9-13-6-4-5-7-14(13)17/h4-7,10,21H,8-9H2,1-3H3,(H,18,22). The van der Waals surface area contributed by atoms with Gasteiger partial charge in [0.2, 0.25) is 0 Å². The molecular formula is C16H20ClN3O2. The summed E-state index contributed by atoms with van der Waals surface area (Å²) < 4.78 is 1.77. The van der Waals surface area contributed by atoms with Crippen LogP contribution < -0.4 is 5.32 Å². The van der Waals surface area contributed by atoms with Crippen LogP contribution in [0.4, 0.5) is 0 Å². The minimum atomic E-state index is -0.581. The van der Waals surface area contributed by atoms with Gasteiger partial charge in [0, 0.05) is 17.3 Å². The van der Waals surface area contributed by atoms with Crippen molar-refractivity contribution in [3.8, 4) is 0 Å². The molecule has 0 bridgehead atoms. The minimum Gasteiger partial charge on any atom is -0.392 e. The maximum Gasteiger partial charge on any atom is 0.255 e. The Labute approximate surface area is 134 Å². The molecule has 0 radical (unpaired) electrons. The molecule has 0 saturated carbocycles. The summed E-state index contributed by atoms with van der Waals surface area (Å²) in [4.78, 5) is 12.2. The molecular weight excluding hydrogens is 302 g/mol. The smallest absolute Gasteiger partial charge is 0.255 e. The molecule has 6 heteroatoms. The number of hydrogen-bond donors (Lipinski definition) is 2. The largest absolute Gasteiger partial charge is 0.392 e. The SMILES string of the molecule is Cc1nn(Cc2ccccc2Cl)c(C)c1C(=O)NCC(C)O. The van der Waals surface area contributed by atoms with Crippen LogP contribution >= 0.6 is 11.6 Å². The van der Waals surface area contributed by atoms with E-state index in [9.17, 15) is 9.90 Å². The van der Waals surface area contributed by atoms with Gasteiger partial charge in [-0.25, -0.2) is 0 Å². The third kappa shape index (κ3) is 3.67. The highest BCUT2D eigenvalue weighted by molar-refractivity contribution is 6.31. The van der Waals surface area contributed by atoms with E-state index in [1.165, 1.54) is 0 Å². The maximum absolute atomic E-state index is 12.2. The second-order valence-electron chi connectivity index (χ2n) is 5.35. The van der Waals surface area contributed by atoms with Crippen molar-refractivity contribution in [1.82, 2.24) is 15.1 Å². The van der Waals surface area contributed by atoms with Gasteiger partial charge in [-0.3, -0.25) is 9.48 Å². The highest BCUT2D eigenvalue weighted by atomic mass is 35.5. The van der Waals surface area contributed by atoms with Crippen LogP contribution in [0.1, 0.15) is 34.2 Å². The van der Waals surface area contributed by atoms with E-state index in [0.29, 0.717) is 22.8 Å². The fourth-order valence-corrected chi connectivity index (χ4v) is 2.49. The number of halogens is 1. The summed E-state index contributed by atoms with van der Waals surface area (Å²) in [5, 5.41) is 17.1. The maximum atomic E-state index is 12.2. The van der Waals surface area contributed by atoms with Crippen molar-refractivity contribution in [2.45, 2.75) is 33.4 Å². The number of aryl methyl sites for hydroxylation is 1. The van der Waals surface area contributed by atoms with Crippen LogP contribution in [0.2, 0.25) is 5.02 Å². The molecule has 5 nitrogen and oxygen atoms in total. The number of nitrogens with zero attached hydrogens (tertiary/aromatic N) is 2. The van der Waals surface area contributed by atoms with Gasteiger partial charge < -0.3 is 10.4 Å². The molecule has 0 saturated heterocycles. The van der Waals surface area contributed by atoms with Crippen LogP contribution in [-0.2, 0) is 6.54 Å². The van der Waals surface area contributed by atoms with Crippen molar-refractivity contribution >= 4 is 17.5 Å². The first-order valence-corrected chi connectivity index (χ1v) is 7.51. The molecule has 2 aromatic rings. The summed E-state index contributed by atoms with van der Waals surface area (Å²) in [6.45, 7) is 6.01. The number of hydrogen-bond acceptors (Lipinski definition) is 3. The van der Waals surface area contributed by atoms with Gasteiger partial charge in [-0.05, 0) is 32.4 Å². The third-order valence-electron chi connectivity index (χ3n) is 3.44. The first kappa shape index (κ1) is 16.5. The molecule has 1 amide bonds. The molecule has 0 aliphatic heterocycles. The second kappa shape index (κ2) is 6.94. The topological polar surface area (TPSA) is 67.2 Å². The number of aromatic nitrogens is 2. The Balaban J connectivity index is 2.24. The summed E-state index contributed by atoms with van der Waals surface area (Å²) >= 11 is 6.17. The molecule has 22 heavy (non-hydrogen) atoms. The fourth-order valence-electron chi connectivity index (χ4n) is 2.30. The fraction of sp³-hybridized carbons (Fsp3) is 0.375. The lowest BCUT2D eigenvalue weighted by Gasteiger charge is -2.09. The molecule has 0 aliphatic rings. The van der Waals surface area contributed by atoms with Crippen LogP contribution in [0.3, 0.4) is 0 Å². The molecule has 1 aromatic heterocycles. The van der Waals surface area contributed by atoms with E-state index in [1.54, 1.807) is 18.5 Å². The second-order valence-corrected chi connectivity index (χ2v) is 5.76. The number of carbonyl (C=O) groups excluding carboxylic acids is 1. The predicted octanol–water partition coefficient (Wildman–Crippen LogP) is 2.31. The van der Waals surface area contributed by atoms with Gasteiger partial charge in [0.05, 0.1) is 23.9 Å². The molecule has 118 valence electrons. The van der Waals surface area contributed by atoms with Crippen molar-refractivity contribution in [2.24, 2.45) is 0 Å². The number of rotatable bonds is 5. The van der Waals surface area contributed by atoms with Gasteiger partial charge >= 0.3 is 0 Å². The van der Waals surface area contributed by atoms with Crippen molar-refractivity contribution in [1.29, 1.82) is 0 Å². The van der Waals surface area contributed by atoms with Gasteiger partial charge in [-0.2, -0.15) is 5.10 Å². The van der Waals surface area contributed by atoms with Gasteiger partial charge in [-0.1, -0.05) is 29.8 Å². The minimum absolute atomic E-state index is 0.216. The van der Waals surface area contributed by atoms with Crippen molar-refractivity contribution in [3.63, 3.8) is 0 Å². The average Bonchev–Trinajstić information content (AvgIpc) is 2.73. The first-order chi connectivity index (χ1) is 10.4. The van der Waals surface area contributed by atoms with Crippen LogP contribution in [0.15, 0.2) is 24.3 Å². The lowest BCUT2D eigenvalue weighted by Crippen LogP contribution is -2.31. The lowest BCUT2D eigenvalue weighted by molar-refractivity contribution is 0.0922. The molecule has 1 unspecified atom stereocenters. The van der Waals surface area contributed by atoms with E-state index in [1.807, 2.05) is 31.2 Å². The Kier molecular flexibility index (Phi) is 5.21. The number of nitrogens with one attached hydrogen (secondary N) is 1. The summed E-state index contributed by atoms with van der Waals surface area (Å²) in [7, 11) is 0. The molecule has 0 aliphatic carbocycles. The highest BCUT2D eigenvalue weighted by Gasteiger charge is 2.19. The van der Waals surface area contributed by atoms with Crippen LogP contribution in [0.25, 0.3) is 0 Å². The van der Waals surface area contributed by atoms with E-state index < -0.39 is 6.10 Å². The molecule has 1 atom stereocenters. The number of benzene rings is 1. The zero-order valence-electron chi connectivity index (χ0n) is 12.9. The number of aliphatic hydroxyl groups is 1. The number of amides is 1. The summed E-state index contributed by atoms with van der Waals surface area (Å²) in [6, 6.07) is 7.57. The van der Waals surface area contributed by atoms with E-state index >= 15 is 0 Å². The predicted molar refractivity (Wildman–Crippen MR) is 86.3 cm³/mol. The van der Waals surface area contributed by atoms with Gasteiger partial charge in [0.15, 0.2) is 0 Å². The zero-order chi connectivity index (χ0) is 16.3. The van der Waals surface area contributed by atoms with Crippen LogP contribution in [-0.4, -0.2) is 33.4 Å². The van der Waals surface area contributed by atoms with E-state index in [-0.39, 0.29) is 12.5 Å². The van der Waals surface area contributed by atoms with Gasteiger partial charge in [0.1, 0.15) is 0 Å². The zero-order valence-corrected chi connectivity index (χ0v) is 13.7. The van der Waals surface area contributed by atoms with Crippen LogP contribution in [0.5, 0.6) is 0 Å². The van der Waals surface area contributed by atoms with Crippen LogP contribution in [0, 0.1) is 13.8 Å².